The van der Waals surface area contributed by atoms with Crippen LogP contribution in [0.3, 0.4) is 0 Å². The third kappa shape index (κ3) is 4.57. The molecule has 5 nitrogen and oxygen atoms in total. The number of hydrogen-bond donors (Lipinski definition) is 1. The molecule has 2 aromatic rings. The molecule has 0 radical (unpaired) electrons. The number of amides is 1. The zero-order valence-corrected chi connectivity index (χ0v) is 13.4. The highest BCUT2D eigenvalue weighted by Gasteiger charge is 2.10. The van der Waals surface area contributed by atoms with Gasteiger partial charge in [-0.25, -0.2) is 4.79 Å². The lowest BCUT2D eigenvalue weighted by atomic mass is 10.1. The standard InChI is InChI=1S/C18H19NO4/c1-12-5-4-6-15(9-12)23-11-17(20)19-16-8-7-14(10-13(16)2)18(21)22-3/h4-10H,11H2,1-3H3,(H,19,20). The minimum atomic E-state index is -0.409. The van der Waals surface area contributed by atoms with Gasteiger partial charge in [-0.2, -0.15) is 0 Å². The van der Waals surface area contributed by atoms with Gasteiger partial charge in [0.2, 0.25) is 0 Å². The number of rotatable bonds is 5. The number of hydrogen-bond acceptors (Lipinski definition) is 4. The molecule has 0 saturated carbocycles. The third-order valence-corrected chi connectivity index (χ3v) is 3.28. The van der Waals surface area contributed by atoms with Crippen molar-refractivity contribution in [2.45, 2.75) is 13.8 Å². The molecule has 120 valence electrons. The molecule has 0 aliphatic carbocycles. The van der Waals surface area contributed by atoms with Crippen LogP contribution in [-0.4, -0.2) is 25.6 Å². The monoisotopic (exact) mass is 313 g/mol. The van der Waals surface area contributed by atoms with Gasteiger partial charge >= 0.3 is 5.97 Å². The molecule has 23 heavy (non-hydrogen) atoms. The van der Waals surface area contributed by atoms with Crippen molar-refractivity contribution < 1.29 is 19.1 Å². The minimum absolute atomic E-state index is 0.0817. The van der Waals surface area contributed by atoms with Gasteiger partial charge in [-0.3, -0.25) is 4.79 Å². The van der Waals surface area contributed by atoms with E-state index in [4.69, 9.17) is 4.74 Å². The predicted octanol–water partition coefficient (Wildman–Crippen LogP) is 3.11. The molecular weight excluding hydrogens is 294 g/mol. The molecule has 0 atom stereocenters. The number of aryl methyl sites for hydroxylation is 2. The van der Waals surface area contributed by atoms with Crippen LogP contribution >= 0.6 is 0 Å². The topological polar surface area (TPSA) is 64.6 Å². The van der Waals surface area contributed by atoms with Gasteiger partial charge in [0.15, 0.2) is 6.61 Å². The van der Waals surface area contributed by atoms with E-state index in [9.17, 15) is 9.59 Å². The second kappa shape index (κ2) is 7.45. The lowest BCUT2D eigenvalue weighted by Crippen LogP contribution is -2.20. The molecule has 0 aromatic heterocycles. The zero-order chi connectivity index (χ0) is 16.8. The normalized spacial score (nSPS) is 10.0. The van der Waals surface area contributed by atoms with Gasteiger partial charge in [-0.05, 0) is 55.3 Å². The first-order chi connectivity index (χ1) is 11.0. The van der Waals surface area contributed by atoms with Crippen LogP contribution in [0.5, 0.6) is 5.75 Å². The molecule has 2 aromatic carbocycles. The van der Waals surface area contributed by atoms with Gasteiger partial charge < -0.3 is 14.8 Å². The van der Waals surface area contributed by atoms with E-state index >= 15 is 0 Å². The highest BCUT2D eigenvalue weighted by Crippen LogP contribution is 2.17. The van der Waals surface area contributed by atoms with Crippen molar-refractivity contribution in [2.75, 3.05) is 19.0 Å². The van der Waals surface area contributed by atoms with Crippen molar-refractivity contribution in [1.29, 1.82) is 0 Å². The average Bonchev–Trinajstić information content (AvgIpc) is 2.54. The van der Waals surface area contributed by atoms with Crippen molar-refractivity contribution in [3.8, 4) is 5.75 Å². The maximum atomic E-state index is 12.0. The SMILES string of the molecule is COC(=O)c1ccc(NC(=O)COc2cccc(C)c2)c(C)c1. The van der Waals surface area contributed by atoms with E-state index in [1.807, 2.05) is 32.0 Å². The summed E-state index contributed by atoms with van der Waals surface area (Å²) in [5.41, 5.74) is 2.92. The maximum absolute atomic E-state index is 12.0. The number of esters is 1. The van der Waals surface area contributed by atoms with E-state index < -0.39 is 5.97 Å². The van der Waals surface area contributed by atoms with E-state index in [1.165, 1.54) is 7.11 Å². The Hall–Kier alpha value is -2.82. The fourth-order valence-electron chi connectivity index (χ4n) is 2.09. The molecule has 5 heteroatoms. The maximum Gasteiger partial charge on any atom is 0.337 e. The van der Waals surface area contributed by atoms with Crippen LogP contribution in [0.4, 0.5) is 5.69 Å². The molecular formula is C18H19NO4. The quantitative estimate of drug-likeness (QED) is 0.861. The Morgan fingerprint density at radius 1 is 1.09 bits per heavy atom. The van der Waals surface area contributed by atoms with Crippen LogP contribution < -0.4 is 10.1 Å². The minimum Gasteiger partial charge on any atom is -0.484 e. The van der Waals surface area contributed by atoms with Gasteiger partial charge in [0.1, 0.15) is 5.75 Å². The summed E-state index contributed by atoms with van der Waals surface area (Å²) in [5, 5.41) is 2.76. The Morgan fingerprint density at radius 2 is 1.87 bits per heavy atom. The van der Waals surface area contributed by atoms with Gasteiger partial charge in [0, 0.05) is 5.69 Å². The Kier molecular flexibility index (Phi) is 5.36. The highest BCUT2D eigenvalue weighted by atomic mass is 16.5. The average molecular weight is 313 g/mol. The summed E-state index contributed by atoms with van der Waals surface area (Å²) < 4.78 is 10.1. The number of benzene rings is 2. The van der Waals surface area contributed by atoms with E-state index in [-0.39, 0.29) is 12.5 Å². The summed E-state index contributed by atoms with van der Waals surface area (Å²) in [6.07, 6.45) is 0. The molecule has 1 amide bonds. The summed E-state index contributed by atoms with van der Waals surface area (Å²) in [6, 6.07) is 12.4. The van der Waals surface area contributed by atoms with Crippen LogP contribution in [0, 0.1) is 13.8 Å². The second-order valence-corrected chi connectivity index (χ2v) is 5.17. The third-order valence-electron chi connectivity index (χ3n) is 3.28. The molecule has 0 aliphatic rings. The molecule has 0 unspecified atom stereocenters. The Bertz CT molecular complexity index is 725. The lowest BCUT2D eigenvalue weighted by Gasteiger charge is -2.11. The first kappa shape index (κ1) is 16.5. The van der Waals surface area contributed by atoms with E-state index in [0.29, 0.717) is 17.0 Å². The van der Waals surface area contributed by atoms with Crippen LogP contribution in [0.25, 0.3) is 0 Å². The lowest BCUT2D eigenvalue weighted by molar-refractivity contribution is -0.118. The largest absolute Gasteiger partial charge is 0.484 e. The fraction of sp³-hybridized carbons (Fsp3) is 0.222. The molecule has 2 rings (SSSR count). The Balaban J connectivity index is 1.96. The van der Waals surface area contributed by atoms with E-state index in [2.05, 4.69) is 10.1 Å². The first-order valence-electron chi connectivity index (χ1n) is 7.18. The second-order valence-electron chi connectivity index (χ2n) is 5.17. The van der Waals surface area contributed by atoms with Crippen LogP contribution in [0.2, 0.25) is 0 Å². The van der Waals surface area contributed by atoms with Crippen LogP contribution in [-0.2, 0) is 9.53 Å². The number of ether oxygens (including phenoxy) is 2. The molecule has 0 aliphatic heterocycles. The summed E-state index contributed by atoms with van der Waals surface area (Å²) >= 11 is 0. The van der Waals surface area contributed by atoms with Crippen molar-refractivity contribution in [3.63, 3.8) is 0 Å². The van der Waals surface area contributed by atoms with Crippen molar-refractivity contribution in [3.05, 3.63) is 59.2 Å². The van der Waals surface area contributed by atoms with E-state index in [0.717, 1.165) is 11.1 Å². The number of methoxy groups -OCH3 is 1. The van der Waals surface area contributed by atoms with Crippen molar-refractivity contribution in [1.82, 2.24) is 0 Å². The molecule has 0 spiro atoms. The fourth-order valence-corrected chi connectivity index (χ4v) is 2.09. The summed E-state index contributed by atoms with van der Waals surface area (Å²) in [4.78, 5) is 23.4. The first-order valence-corrected chi connectivity index (χ1v) is 7.18. The van der Waals surface area contributed by atoms with Gasteiger partial charge in [0.05, 0.1) is 12.7 Å². The molecule has 0 bridgehead atoms. The number of carbonyl (C=O) groups is 2. The smallest absolute Gasteiger partial charge is 0.337 e. The molecule has 1 N–H and O–H groups in total. The Morgan fingerprint density at radius 3 is 2.52 bits per heavy atom. The molecule has 0 heterocycles. The van der Waals surface area contributed by atoms with Crippen LogP contribution in [0.1, 0.15) is 21.5 Å². The van der Waals surface area contributed by atoms with Gasteiger partial charge in [0.25, 0.3) is 5.91 Å². The van der Waals surface area contributed by atoms with Crippen LogP contribution in [0.15, 0.2) is 42.5 Å². The highest BCUT2D eigenvalue weighted by molar-refractivity contribution is 5.94. The van der Waals surface area contributed by atoms with Crippen molar-refractivity contribution in [2.24, 2.45) is 0 Å². The molecule has 0 fully saturated rings. The number of nitrogens with one attached hydrogen (secondary N) is 1. The summed E-state index contributed by atoms with van der Waals surface area (Å²) in [7, 11) is 1.33. The number of anilines is 1. The zero-order valence-electron chi connectivity index (χ0n) is 13.4. The van der Waals surface area contributed by atoms with E-state index in [1.54, 1.807) is 24.3 Å². The molecule has 0 saturated heterocycles. The number of carbonyl (C=O) groups excluding carboxylic acids is 2. The summed E-state index contributed by atoms with van der Waals surface area (Å²) in [5.74, 6) is -0.0212. The van der Waals surface area contributed by atoms with Crippen molar-refractivity contribution >= 4 is 17.6 Å². The van der Waals surface area contributed by atoms with Gasteiger partial charge in [-0.15, -0.1) is 0 Å². The van der Waals surface area contributed by atoms with Gasteiger partial charge in [-0.1, -0.05) is 12.1 Å². The summed E-state index contributed by atoms with van der Waals surface area (Å²) in [6.45, 7) is 3.68. The Labute approximate surface area is 135 Å². The predicted molar refractivity (Wildman–Crippen MR) is 87.8 cm³/mol.